The standard InChI is InChI=1S/C16H13N3O4/c1-18(13-5-7-14(8-6-13)19(21)22)16(20)11-23-15-4-2-3-12(9-15)10-17/h2-9H,11H2,1H3. The van der Waals surface area contributed by atoms with Gasteiger partial charge in [-0.25, -0.2) is 0 Å². The van der Waals surface area contributed by atoms with E-state index >= 15 is 0 Å². The molecular weight excluding hydrogens is 298 g/mol. The molecule has 0 heterocycles. The lowest BCUT2D eigenvalue weighted by Gasteiger charge is -2.17. The highest BCUT2D eigenvalue weighted by Gasteiger charge is 2.13. The van der Waals surface area contributed by atoms with Crippen LogP contribution in [-0.2, 0) is 4.79 Å². The smallest absolute Gasteiger partial charge is 0.269 e. The fraction of sp³-hybridized carbons (Fsp3) is 0.125. The van der Waals surface area contributed by atoms with E-state index < -0.39 is 4.92 Å². The third-order valence-electron chi connectivity index (χ3n) is 3.15. The molecule has 0 aliphatic heterocycles. The molecule has 0 aliphatic rings. The van der Waals surface area contributed by atoms with Crippen molar-refractivity contribution >= 4 is 17.3 Å². The number of rotatable bonds is 5. The highest BCUT2D eigenvalue weighted by atomic mass is 16.6. The highest BCUT2D eigenvalue weighted by Crippen LogP contribution is 2.19. The summed E-state index contributed by atoms with van der Waals surface area (Å²) in [6.07, 6.45) is 0. The van der Waals surface area contributed by atoms with Crippen LogP contribution in [0.5, 0.6) is 5.75 Å². The minimum Gasteiger partial charge on any atom is -0.484 e. The van der Waals surface area contributed by atoms with Crippen LogP contribution in [0.2, 0.25) is 0 Å². The van der Waals surface area contributed by atoms with Gasteiger partial charge in [0.2, 0.25) is 0 Å². The topological polar surface area (TPSA) is 96.5 Å². The number of nitrogens with zero attached hydrogens (tertiary/aromatic N) is 3. The predicted octanol–water partition coefficient (Wildman–Crippen LogP) is 2.51. The van der Waals surface area contributed by atoms with E-state index in [0.29, 0.717) is 17.0 Å². The van der Waals surface area contributed by atoms with Gasteiger partial charge in [-0.15, -0.1) is 0 Å². The van der Waals surface area contributed by atoms with Gasteiger partial charge in [0, 0.05) is 24.9 Å². The van der Waals surface area contributed by atoms with Crippen molar-refractivity contribution < 1.29 is 14.5 Å². The zero-order valence-electron chi connectivity index (χ0n) is 12.3. The SMILES string of the molecule is CN(C(=O)COc1cccc(C#N)c1)c1ccc([N+](=O)[O-])cc1. The Bertz CT molecular complexity index is 766. The number of amides is 1. The van der Waals surface area contributed by atoms with E-state index in [9.17, 15) is 14.9 Å². The fourth-order valence-corrected chi connectivity index (χ4v) is 1.84. The molecule has 7 heteroatoms. The van der Waals surface area contributed by atoms with E-state index in [4.69, 9.17) is 10.00 Å². The van der Waals surface area contributed by atoms with Crippen LogP contribution in [0, 0.1) is 21.4 Å². The lowest BCUT2D eigenvalue weighted by molar-refractivity contribution is -0.384. The van der Waals surface area contributed by atoms with Gasteiger partial charge in [0.05, 0.1) is 16.6 Å². The molecule has 1 amide bonds. The molecule has 0 aromatic heterocycles. The van der Waals surface area contributed by atoms with Crippen LogP contribution in [0.15, 0.2) is 48.5 Å². The van der Waals surface area contributed by atoms with Gasteiger partial charge in [-0.3, -0.25) is 14.9 Å². The first-order valence-electron chi connectivity index (χ1n) is 6.65. The van der Waals surface area contributed by atoms with Crippen LogP contribution in [-0.4, -0.2) is 24.5 Å². The average Bonchev–Trinajstić information content (AvgIpc) is 2.59. The second kappa shape index (κ2) is 7.04. The molecule has 0 atom stereocenters. The Labute approximate surface area is 132 Å². The zero-order chi connectivity index (χ0) is 16.8. The Balaban J connectivity index is 1.99. The monoisotopic (exact) mass is 311 g/mol. The molecule has 0 saturated carbocycles. The molecule has 2 aromatic rings. The number of hydrogen-bond acceptors (Lipinski definition) is 5. The van der Waals surface area contributed by atoms with Gasteiger partial charge in [-0.05, 0) is 30.3 Å². The Morgan fingerprint density at radius 1 is 1.30 bits per heavy atom. The second-order valence-corrected chi connectivity index (χ2v) is 4.65. The van der Waals surface area contributed by atoms with Crippen molar-refractivity contribution in [2.75, 3.05) is 18.6 Å². The Morgan fingerprint density at radius 2 is 2.00 bits per heavy atom. The molecule has 0 spiro atoms. The molecule has 2 rings (SSSR count). The quantitative estimate of drug-likeness (QED) is 0.624. The molecule has 7 nitrogen and oxygen atoms in total. The minimum absolute atomic E-state index is 0.0424. The maximum absolute atomic E-state index is 12.1. The third kappa shape index (κ3) is 4.04. The van der Waals surface area contributed by atoms with Crippen LogP contribution >= 0.6 is 0 Å². The summed E-state index contributed by atoms with van der Waals surface area (Å²) in [5.74, 6) is 0.107. The summed E-state index contributed by atoms with van der Waals surface area (Å²) in [6, 6.07) is 14.1. The van der Waals surface area contributed by atoms with Crippen LogP contribution in [0.3, 0.4) is 0 Å². The number of hydrogen-bond donors (Lipinski definition) is 0. The summed E-state index contributed by atoms with van der Waals surface area (Å²) < 4.78 is 5.36. The summed E-state index contributed by atoms with van der Waals surface area (Å²) in [4.78, 5) is 23.5. The molecule has 2 aromatic carbocycles. The van der Waals surface area contributed by atoms with Gasteiger partial charge in [-0.2, -0.15) is 5.26 Å². The van der Waals surface area contributed by atoms with Crippen molar-refractivity contribution in [3.63, 3.8) is 0 Å². The van der Waals surface area contributed by atoms with Crippen LogP contribution in [0.25, 0.3) is 0 Å². The van der Waals surface area contributed by atoms with Crippen LogP contribution in [0.1, 0.15) is 5.56 Å². The molecule has 0 bridgehead atoms. The van der Waals surface area contributed by atoms with Crippen LogP contribution < -0.4 is 9.64 Å². The van der Waals surface area contributed by atoms with E-state index in [0.717, 1.165) is 0 Å². The Hall–Kier alpha value is -3.40. The number of nitro benzene ring substituents is 1. The molecule has 23 heavy (non-hydrogen) atoms. The largest absolute Gasteiger partial charge is 0.484 e. The summed E-state index contributed by atoms with van der Waals surface area (Å²) in [5.41, 5.74) is 0.924. The van der Waals surface area contributed by atoms with E-state index in [1.807, 2.05) is 6.07 Å². The maximum Gasteiger partial charge on any atom is 0.269 e. The highest BCUT2D eigenvalue weighted by molar-refractivity contribution is 5.94. The summed E-state index contributed by atoms with van der Waals surface area (Å²) in [7, 11) is 1.55. The number of likely N-dealkylation sites (N-methyl/N-ethyl adjacent to an activating group) is 1. The lowest BCUT2D eigenvalue weighted by Crippen LogP contribution is -2.31. The van der Waals surface area contributed by atoms with Crippen molar-refractivity contribution in [2.45, 2.75) is 0 Å². The first-order valence-corrected chi connectivity index (χ1v) is 6.65. The summed E-state index contributed by atoms with van der Waals surface area (Å²) in [6.45, 7) is -0.206. The van der Waals surface area contributed by atoms with Gasteiger partial charge in [0.1, 0.15) is 5.75 Å². The predicted molar refractivity (Wildman–Crippen MR) is 83.2 cm³/mol. The first kappa shape index (κ1) is 16.0. The normalized spacial score (nSPS) is 9.74. The van der Waals surface area contributed by atoms with Crippen molar-refractivity contribution in [3.05, 3.63) is 64.2 Å². The number of ether oxygens (including phenoxy) is 1. The Kier molecular flexibility index (Phi) is 4.89. The van der Waals surface area contributed by atoms with Crippen molar-refractivity contribution in [2.24, 2.45) is 0 Å². The molecule has 116 valence electrons. The minimum atomic E-state index is -0.503. The van der Waals surface area contributed by atoms with Gasteiger partial charge in [0.25, 0.3) is 11.6 Å². The second-order valence-electron chi connectivity index (χ2n) is 4.65. The number of non-ortho nitro benzene ring substituents is 1. The number of benzene rings is 2. The summed E-state index contributed by atoms with van der Waals surface area (Å²) in [5, 5.41) is 19.4. The lowest BCUT2D eigenvalue weighted by atomic mass is 10.2. The molecule has 0 radical (unpaired) electrons. The van der Waals surface area contributed by atoms with E-state index in [2.05, 4.69) is 0 Å². The molecule has 0 N–H and O–H groups in total. The first-order chi connectivity index (χ1) is 11.0. The number of anilines is 1. The van der Waals surface area contributed by atoms with Gasteiger partial charge in [0.15, 0.2) is 6.61 Å². The van der Waals surface area contributed by atoms with E-state index in [1.165, 1.54) is 29.2 Å². The van der Waals surface area contributed by atoms with E-state index in [-0.39, 0.29) is 18.2 Å². The number of nitro groups is 1. The van der Waals surface area contributed by atoms with Gasteiger partial charge >= 0.3 is 0 Å². The third-order valence-corrected chi connectivity index (χ3v) is 3.15. The average molecular weight is 311 g/mol. The molecule has 0 saturated heterocycles. The number of nitriles is 1. The zero-order valence-corrected chi connectivity index (χ0v) is 12.3. The summed E-state index contributed by atoms with van der Waals surface area (Å²) >= 11 is 0. The van der Waals surface area contributed by atoms with Gasteiger partial charge in [-0.1, -0.05) is 6.07 Å². The number of carbonyl (C=O) groups is 1. The van der Waals surface area contributed by atoms with Crippen molar-refractivity contribution in [1.82, 2.24) is 0 Å². The van der Waals surface area contributed by atoms with Crippen molar-refractivity contribution in [3.8, 4) is 11.8 Å². The van der Waals surface area contributed by atoms with Gasteiger partial charge < -0.3 is 9.64 Å². The molecular formula is C16H13N3O4. The molecule has 0 aliphatic carbocycles. The Morgan fingerprint density at radius 3 is 2.61 bits per heavy atom. The number of carbonyl (C=O) groups excluding carboxylic acids is 1. The fourth-order valence-electron chi connectivity index (χ4n) is 1.84. The van der Waals surface area contributed by atoms with Crippen LogP contribution in [0.4, 0.5) is 11.4 Å². The molecule has 0 fully saturated rings. The van der Waals surface area contributed by atoms with Crippen molar-refractivity contribution in [1.29, 1.82) is 5.26 Å². The maximum atomic E-state index is 12.1. The van der Waals surface area contributed by atoms with E-state index in [1.54, 1.807) is 31.3 Å². The molecule has 0 unspecified atom stereocenters.